The zero-order valence-corrected chi connectivity index (χ0v) is 32.6. The van der Waals surface area contributed by atoms with Crippen LogP contribution in [0.2, 0.25) is 0 Å². The van der Waals surface area contributed by atoms with Crippen molar-refractivity contribution in [3.63, 3.8) is 0 Å². The van der Waals surface area contributed by atoms with E-state index in [4.69, 9.17) is 0 Å². The number of likely N-dealkylation sites (tertiary alicyclic amines) is 1. The first-order valence-electron chi connectivity index (χ1n) is 19.6. The topological polar surface area (TPSA) is 174 Å². The summed E-state index contributed by atoms with van der Waals surface area (Å²) in [6, 6.07) is -3.72. The second-order valence-corrected chi connectivity index (χ2v) is 17.6. The Morgan fingerprint density at radius 3 is 2.23 bits per heavy atom. The maximum atomic E-state index is 14.7. The summed E-state index contributed by atoms with van der Waals surface area (Å²) < 4.78 is 0. The largest absolute Gasteiger partial charge is 0.369 e. The molecule has 4 fully saturated rings. The van der Waals surface area contributed by atoms with Gasteiger partial charge in [-0.2, -0.15) is 0 Å². The Balaban J connectivity index is 1.34. The van der Waals surface area contributed by atoms with Crippen molar-refractivity contribution in [2.24, 2.45) is 28.6 Å². The zero-order valence-electron chi connectivity index (χ0n) is 32.6. The van der Waals surface area contributed by atoms with Crippen molar-refractivity contribution in [2.75, 3.05) is 31.6 Å². The lowest BCUT2D eigenvalue weighted by Crippen LogP contribution is -2.62. The number of nitrogens with zero attached hydrogens (tertiary/aromatic N) is 2. The number of Topliss-reactive ketones (excluding diaryl/α,β-unsaturated/α-hetero) is 1. The van der Waals surface area contributed by atoms with Crippen LogP contribution in [0, 0.1) is 28.6 Å². The van der Waals surface area contributed by atoms with Crippen LogP contribution in [0.25, 0.3) is 0 Å². The van der Waals surface area contributed by atoms with E-state index in [1.165, 1.54) is 6.08 Å². The molecule has 1 saturated heterocycles. The fourth-order valence-electron chi connectivity index (χ4n) is 8.83. The molecule has 5 rings (SSSR count). The van der Waals surface area contributed by atoms with Crippen LogP contribution in [-0.4, -0.2) is 85.3 Å². The molecule has 5 amide bonds. The molecule has 4 N–H and O–H groups in total. The van der Waals surface area contributed by atoms with E-state index < -0.39 is 64.1 Å². The molecular weight excluding hydrogens is 676 g/mol. The third-order valence-electron chi connectivity index (χ3n) is 12.4. The van der Waals surface area contributed by atoms with Gasteiger partial charge in [0, 0.05) is 32.2 Å². The van der Waals surface area contributed by atoms with Crippen LogP contribution >= 0.6 is 0 Å². The number of rotatable bonds is 16. The van der Waals surface area contributed by atoms with Crippen molar-refractivity contribution < 1.29 is 24.0 Å². The van der Waals surface area contributed by atoms with Gasteiger partial charge in [0.15, 0.2) is 0 Å². The predicted molar refractivity (Wildman–Crippen MR) is 203 cm³/mol. The Kier molecular flexibility index (Phi) is 11.9. The number of anilines is 1. The summed E-state index contributed by atoms with van der Waals surface area (Å²) >= 11 is 0. The van der Waals surface area contributed by atoms with Crippen molar-refractivity contribution in [3.8, 4) is 0 Å². The molecule has 1 aromatic rings. The van der Waals surface area contributed by atoms with Gasteiger partial charge < -0.3 is 31.1 Å². The van der Waals surface area contributed by atoms with Gasteiger partial charge in [0.25, 0.3) is 5.91 Å². The molecule has 6 atom stereocenters. The number of hydrogen-bond acceptors (Lipinski definition) is 8. The number of ketones is 1. The molecule has 13 heteroatoms. The van der Waals surface area contributed by atoms with Crippen molar-refractivity contribution >= 4 is 35.2 Å². The number of amides is 5. The lowest BCUT2D eigenvalue weighted by Gasteiger charge is -2.39. The van der Waals surface area contributed by atoms with E-state index in [2.05, 4.69) is 41.7 Å². The minimum absolute atomic E-state index is 0.0796. The molecule has 292 valence electrons. The van der Waals surface area contributed by atoms with Crippen LogP contribution < -0.4 is 37.0 Å². The van der Waals surface area contributed by atoms with Crippen molar-refractivity contribution in [3.05, 3.63) is 38.7 Å². The Bertz CT molecular complexity index is 1660. The summed E-state index contributed by atoms with van der Waals surface area (Å²) in [5.74, 6) is -2.36. The number of carbonyl (C=O) groups is 5. The number of piperidine rings is 1. The maximum absolute atomic E-state index is 14.7. The van der Waals surface area contributed by atoms with Crippen LogP contribution in [0.1, 0.15) is 111 Å². The van der Waals surface area contributed by atoms with Crippen LogP contribution in [0.3, 0.4) is 0 Å². The normalized spacial score (nSPS) is 24.0. The van der Waals surface area contributed by atoms with E-state index in [1.54, 1.807) is 16.8 Å². The molecule has 4 aliphatic rings. The molecule has 0 unspecified atom stereocenters. The molecule has 0 radical (unpaired) electrons. The SMILES string of the molecule is C=CCNC(=O)C(=O)[C@H](CCC)NC(=O)[C@@H]1[C@@H]2[C@H](CN1C(=O)[C@@H](NC(=O)N[C@H](CN(C)c1c(C3CC3)c(=O)c1=O)C(C)(C)C)C1CCCCC1)C2(C)C. The zero-order chi connectivity index (χ0) is 39.0. The van der Waals surface area contributed by atoms with Crippen LogP contribution in [0.15, 0.2) is 22.2 Å². The van der Waals surface area contributed by atoms with E-state index >= 15 is 0 Å². The molecule has 3 saturated carbocycles. The van der Waals surface area contributed by atoms with Crippen LogP contribution in [0.5, 0.6) is 0 Å². The van der Waals surface area contributed by atoms with Crippen molar-refractivity contribution in [1.82, 2.24) is 26.2 Å². The van der Waals surface area contributed by atoms with Crippen LogP contribution in [0.4, 0.5) is 10.5 Å². The van der Waals surface area contributed by atoms with E-state index in [-0.39, 0.29) is 48.0 Å². The van der Waals surface area contributed by atoms with E-state index in [0.29, 0.717) is 30.8 Å². The van der Waals surface area contributed by atoms with Crippen LogP contribution in [-0.2, 0) is 19.2 Å². The second kappa shape index (κ2) is 15.8. The molecule has 1 heterocycles. The van der Waals surface area contributed by atoms with E-state index in [9.17, 15) is 33.6 Å². The summed E-state index contributed by atoms with van der Waals surface area (Å²) in [5, 5.41) is 11.5. The van der Waals surface area contributed by atoms with Gasteiger partial charge in [-0.15, -0.1) is 6.58 Å². The van der Waals surface area contributed by atoms with Gasteiger partial charge in [0.1, 0.15) is 12.1 Å². The molecule has 13 nitrogen and oxygen atoms in total. The Labute approximate surface area is 313 Å². The first-order chi connectivity index (χ1) is 24.9. The molecule has 0 bridgehead atoms. The van der Waals surface area contributed by atoms with Gasteiger partial charge in [0.2, 0.25) is 28.5 Å². The van der Waals surface area contributed by atoms with E-state index in [1.807, 2.05) is 27.7 Å². The molecule has 1 aromatic carbocycles. The first-order valence-corrected chi connectivity index (χ1v) is 19.6. The molecular formula is C40H60N6O7. The number of likely N-dealkylation sites (N-methyl/N-ethyl adjacent to an activating group) is 1. The van der Waals surface area contributed by atoms with Gasteiger partial charge in [-0.3, -0.25) is 28.8 Å². The number of carbonyl (C=O) groups excluding carboxylic acids is 5. The summed E-state index contributed by atoms with van der Waals surface area (Å²) in [7, 11) is 1.77. The molecule has 1 aliphatic heterocycles. The average Bonchev–Trinajstić information content (AvgIpc) is 3.98. The first kappa shape index (κ1) is 40.2. The molecule has 3 aliphatic carbocycles. The Morgan fingerprint density at radius 2 is 1.64 bits per heavy atom. The Hall–Kier alpha value is -4.03. The molecule has 53 heavy (non-hydrogen) atoms. The molecule has 0 spiro atoms. The van der Waals surface area contributed by atoms with E-state index in [0.717, 1.165) is 44.9 Å². The van der Waals surface area contributed by atoms with Crippen molar-refractivity contribution in [1.29, 1.82) is 0 Å². The summed E-state index contributed by atoms with van der Waals surface area (Å²) in [5.41, 5.74) is -0.483. The fourth-order valence-corrected chi connectivity index (χ4v) is 8.83. The lowest BCUT2D eigenvalue weighted by atomic mass is 9.83. The van der Waals surface area contributed by atoms with Gasteiger partial charge in [0.05, 0.1) is 17.8 Å². The lowest BCUT2D eigenvalue weighted by molar-refractivity contribution is -0.144. The number of nitrogens with one attached hydrogen (secondary N) is 4. The minimum Gasteiger partial charge on any atom is -0.369 e. The average molecular weight is 737 g/mol. The summed E-state index contributed by atoms with van der Waals surface area (Å²) in [6.45, 7) is 16.3. The summed E-state index contributed by atoms with van der Waals surface area (Å²) in [4.78, 5) is 96.7. The van der Waals surface area contributed by atoms with Gasteiger partial charge in [-0.1, -0.05) is 73.3 Å². The van der Waals surface area contributed by atoms with Gasteiger partial charge in [-0.25, -0.2) is 4.79 Å². The second-order valence-electron chi connectivity index (χ2n) is 17.6. The monoisotopic (exact) mass is 736 g/mol. The highest BCUT2D eigenvalue weighted by Gasteiger charge is 2.69. The quantitative estimate of drug-likeness (QED) is 0.148. The van der Waals surface area contributed by atoms with Crippen molar-refractivity contribution in [2.45, 2.75) is 129 Å². The Morgan fingerprint density at radius 1 is 0.981 bits per heavy atom. The van der Waals surface area contributed by atoms with Gasteiger partial charge in [-0.05, 0) is 66.6 Å². The fraction of sp³-hybridized carbons (Fsp3) is 0.725. The number of urea groups is 1. The third kappa shape index (κ3) is 8.38. The number of fused-ring (bicyclic) bond motifs is 1. The third-order valence-corrected chi connectivity index (χ3v) is 12.4. The minimum atomic E-state index is -1.04. The van der Waals surface area contributed by atoms with Gasteiger partial charge >= 0.3 is 6.03 Å². The predicted octanol–water partition coefficient (Wildman–Crippen LogP) is 2.90. The smallest absolute Gasteiger partial charge is 0.315 e. The standard InChI is InChI=1S/C40H60N6O7/c1-9-14-25(32(47)36(51)41-19-10-2)42-35(50)31-28-24(40(28,6)7)20-46(31)37(52)29(23-15-12-11-13-16-23)44-38(53)43-26(39(3,4)5)21-45(8)30-27(22-17-18-22)33(48)34(30)49/h10,22-26,28-29,31H,2,9,11-21H2,1,3-8H3,(H,41,51)(H,42,50)(H2,43,44,53)/t24-,25-,26+,28-,29-,31-/m0/s1. The highest BCUT2D eigenvalue weighted by atomic mass is 16.2. The highest BCUT2D eigenvalue weighted by molar-refractivity contribution is 6.38. The molecule has 0 aromatic heterocycles. The highest BCUT2D eigenvalue weighted by Crippen LogP contribution is 2.65. The summed E-state index contributed by atoms with van der Waals surface area (Å²) in [6.07, 6.45) is 8.50. The maximum Gasteiger partial charge on any atom is 0.315 e. The number of hydrogen-bond donors (Lipinski definition) is 4.